The first-order valence-corrected chi connectivity index (χ1v) is 5.21. The van der Waals surface area contributed by atoms with Crippen LogP contribution in [0.25, 0.3) is 10.9 Å². The lowest BCUT2D eigenvalue weighted by Gasteiger charge is -2.09. The van der Waals surface area contributed by atoms with Crippen LogP contribution in [0.5, 0.6) is 0 Å². The molecule has 1 atom stereocenters. The predicted molar refractivity (Wildman–Crippen MR) is 62.1 cm³/mol. The molecule has 1 N–H and O–H groups in total. The van der Waals surface area contributed by atoms with E-state index in [1.54, 1.807) is 6.92 Å². The molecule has 0 bridgehead atoms. The van der Waals surface area contributed by atoms with Crippen molar-refractivity contribution in [3.63, 3.8) is 0 Å². The average molecular weight is 222 g/mol. The maximum Gasteiger partial charge on any atom is 0.0783 e. The molecule has 1 unspecified atom stereocenters. The van der Waals surface area contributed by atoms with E-state index in [1.807, 2.05) is 31.2 Å². The van der Waals surface area contributed by atoms with Crippen LogP contribution in [0.1, 0.15) is 24.3 Å². The van der Waals surface area contributed by atoms with Crippen molar-refractivity contribution >= 4 is 22.5 Å². The summed E-state index contributed by atoms with van der Waals surface area (Å²) in [7, 11) is 0. The topological polar surface area (TPSA) is 33.1 Å². The van der Waals surface area contributed by atoms with Gasteiger partial charge in [0.2, 0.25) is 0 Å². The van der Waals surface area contributed by atoms with Gasteiger partial charge in [0.1, 0.15) is 0 Å². The van der Waals surface area contributed by atoms with Crippen LogP contribution < -0.4 is 0 Å². The fourth-order valence-electron chi connectivity index (χ4n) is 1.69. The molecule has 78 valence electrons. The minimum atomic E-state index is -0.529. The van der Waals surface area contributed by atoms with Gasteiger partial charge in [-0.25, -0.2) is 0 Å². The fraction of sp³-hybridized carbons (Fsp3) is 0.250. The predicted octanol–water partition coefficient (Wildman–Crippen LogP) is 3.25. The summed E-state index contributed by atoms with van der Waals surface area (Å²) in [5.74, 6) is 0. The molecule has 1 aromatic heterocycles. The first kappa shape index (κ1) is 10.4. The highest BCUT2D eigenvalue weighted by Gasteiger charge is 2.09. The molecule has 0 aliphatic heterocycles. The number of para-hydroxylation sites is 1. The number of nitrogens with zero attached hydrogens (tertiary/aromatic N) is 1. The summed E-state index contributed by atoms with van der Waals surface area (Å²) in [6.07, 6.45) is -0.529. The van der Waals surface area contributed by atoms with Gasteiger partial charge in [-0.1, -0.05) is 29.8 Å². The van der Waals surface area contributed by atoms with Gasteiger partial charge >= 0.3 is 0 Å². The van der Waals surface area contributed by atoms with Crippen molar-refractivity contribution in [2.75, 3.05) is 0 Å². The Kier molecular flexibility index (Phi) is 2.63. The van der Waals surface area contributed by atoms with Gasteiger partial charge < -0.3 is 5.11 Å². The third-order valence-electron chi connectivity index (χ3n) is 2.40. The number of hydrogen-bond donors (Lipinski definition) is 1. The largest absolute Gasteiger partial charge is 0.389 e. The van der Waals surface area contributed by atoms with Gasteiger partial charge in [0, 0.05) is 16.6 Å². The number of hydrogen-bond acceptors (Lipinski definition) is 2. The monoisotopic (exact) mass is 221 g/mol. The minimum absolute atomic E-state index is 0.529. The fourth-order valence-corrected chi connectivity index (χ4v) is 2.00. The zero-order valence-electron chi connectivity index (χ0n) is 8.66. The van der Waals surface area contributed by atoms with Crippen molar-refractivity contribution in [1.82, 2.24) is 4.98 Å². The van der Waals surface area contributed by atoms with Gasteiger partial charge in [-0.2, -0.15) is 0 Å². The van der Waals surface area contributed by atoms with E-state index in [0.29, 0.717) is 5.02 Å². The highest BCUT2D eigenvalue weighted by atomic mass is 35.5. The molecule has 0 spiro atoms. The Hall–Kier alpha value is -1.12. The van der Waals surface area contributed by atoms with Crippen molar-refractivity contribution in [3.05, 3.63) is 40.5 Å². The molecule has 0 fully saturated rings. The Morgan fingerprint density at radius 3 is 2.80 bits per heavy atom. The van der Waals surface area contributed by atoms with Crippen molar-refractivity contribution in [2.45, 2.75) is 20.0 Å². The van der Waals surface area contributed by atoms with Crippen LogP contribution in [-0.4, -0.2) is 10.1 Å². The molecular weight excluding hydrogens is 210 g/mol. The van der Waals surface area contributed by atoms with E-state index in [1.165, 1.54) is 0 Å². The number of rotatable bonds is 1. The second kappa shape index (κ2) is 3.80. The summed E-state index contributed by atoms with van der Waals surface area (Å²) in [5, 5.41) is 11.2. The van der Waals surface area contributed by atoms with Gasteiger partial charge in [-0.15, -0.1) is 0 Å². The quantitative estimate of drug-likeness (QED) is 0.802. The van der Waals surface area contributed by atoms with Crippen LogP contribution in [0.15, 0.2) is 24.3 Å². The van der Waals surface area contributed by atoms with E-state index in [0.717, 1.165) is 22.2 Å². The van der Waals surface area contributed by atoms with Crippen LogP contribution in [0.2, 0.25) is 5.02 Å². The number of aliphatic hydroxyl groups excluding tert-OH is 1. The van der Waals surface area contributed by atoms with Gasteiger partial charge in [0.15, 0.2) is 0 Å². The normalized spacial score (nSPS) is 13.1. The van der Waals surface area contributed by atoms with Crippen molar-refractivity contribution < 1.29 is 5.11 Å². The van der Waals surface area contributed by atoms with Crippen LogP contribution in [0.4, 0.5) is 0 Å². The molecule has 2 nitrogen and oxygen atoms in total. The summed E-state index contributed by atoms with van der Waals surface area (Å²) >= 11 is 6.12. The van der Waals surface area contributed by atoms with Crippen LogP contribution in [0.3, 0.4) is 0 Å². The Bertz CT molecular complexity index is 508. The second-order valence-electron chi connectivity index (χ2n) is 3.66. The number of halogens is 1. The zero-order chi connectivity index (χ0) is 11.0. The highest BCUT2D eigenvalue weighted by molar-refractivity contribution is 6.35. The Labute approximate surface area is 93.5 Å². The number of aliphatic hydroxyl groups is 1. The van der Waals surface area contributed by atoms with E-state index in [4.69, 9.17) is 11.6 Å². The number of benzene rings is 1. The minimum Gasteiger partial charge on any atom is -0.389 e. The number of aryl methyl sites for hydroxylation is 1. The molecule has 1 aromatic carbocycles. The maximum absolute atomic E-state index is 9.62. The summed E-state index contributed by atoms with van der Waals surface area (Å²) in [5.41, 5.74) is 2.47. The molecule has 2 aromatic rings. The van der Waals surface area contributed by atoms with E-state index < -0.39 is 6.10 Å². The standard InChI is InChI=1S/C12H12ClNO/c1-7-6-11(13)10-5-3-4-9(8(2)15)12(10)14-7/h3-6,8,15H,1-2H3. The Balaban J connectivity index is 2.85. The van der Waals surface area contributed by atoms with Crippen LogP contribution in [0, 0.1) is 6.92 Å². The summed E-state index contributed by atoms with van der Waals surface area (Å²) in [4.78, 5) is 4.41. The third-order valence-corrected chi connectivity index (χ3v) is 2.71. The van der Waals surface area contributed by atoms with Crippen molar-refractivity contribution in [2.24, 2.45) is 0 Å². The zero-order valence-corrected chi connectivity index (χ0v) is 9.42. The van der Waals surface area contributed by atoms with Crippen molar-refractivity contribution in [3.8, 4) is 0 Å². The van der Waals surface area contributed by atoms with E-state index in [-0.39, 0.29) is 0 Å². The number of aromatic nitrogens is 1. The summed E-state index contributed by atoms with van der Waals surface area (Å²) < 4.78 is 0. The van der Waals surface area contributed by atoms with Gasteiger partial charge in [-0.05, 0) is 19.9 Å². The molecule has 0 saturated carbocycles. The molecule has 0 amide bonds. The molecule has 0 radical (unpaired) electrons. The molecule has 0 saturated heterocycles. The SMILES string of the molecule is Cc1cc(Cl)c2cccc(C(C)O)c2n1. The van der Waals surface area contributed by atoms with Crippen LogP contribution in [-0.2, 0) is 0 Å². The van der Waals surface area contributed by atoms with Gasteiger partial charge in [0.25, 0.3) is 0 Å². The average Bonchev–Trinajstić information content (AvgIpc) is 2.16. The molecule has 3 heteroatoms. The first-order valence-electron chi connectivity index (χ1n) is 4.83. The smallest absolute Gasteiger partial charge is 0.0783 e. The third kappa shape index (κ3) is 1.83. The second-order valence-corrected chi connectivity index (χ2v) is 4.07. The van der Waals surface area contributed by atoms with Gasteiger partial charge in [0.05, 0.1) is 16.6 Å². The molecule has 1 heterocycles. The number of fused-ring (bicyclic) bond motifs is 1. The summed E-state index contributed by atoms with van der Waals surface area (Å²) in [6.45, 7) is 3.62. The molecule has 15 heavy (non-hydrogen) atoms. The molecule has 0 aliphatic rings. The lowest BCUT2D eigenvalue weighted by molar-refractivity contribution is 0.200. The number of pyridine rings is 1. The van der Waals surface area contributed by atoms with Crippen molar-refractivity contribution in [1.29, 1.82) is 0 Å². The molecule has 2 rings (SSSR count). The lowest BCUT2D eigenvalue weighted by atomic mass is 10.1. The Morgan fingerprint density at radius 2 is 2.13 bits per heavy atom. The summed E-state index contributed by atoms with van der Waals surface area (Å²) in [6, 6.07) is 7.49. The first-order chi connectivity index (χ1) is 7.09. The van der Waals surface area contributed by atoms with E-state index in [2.05, 4.69) is 4.98 Å². The van der Waals surface area contributed by atoms with Crippen LogP contribution >= 0.6 is 11.6 Å². The van der Waals surface area contributed by atoms with Gasteiger partial charge in [-0.3, -0.25) is 4.98 Å². The maximum atomic E-state index is 9.62. The molecular formula is C12H12ClNO. The van der Waals surface area contributed by atoms with E-state index >= 15 is 0 Å². The Morgan fingerprint density at radius 1 is 1.40 bits per heavy atom. The molecule has 0 aliphatic carbocycles. The highest BCUT2D eigenvalue weighted by Crippen LogP contribution is 2.28. The van der Waals surface area contributed by atoms with E-state index in [9.17, 15) is 5.11 Å². The lowest BCUT2D eigenvalue weighted by Crippen LogP contribution is -1.95.